The van der Waals surface area contributed by atoms with Gasteiger partial charge in [0.2, 0.25) is 5.95 Å². The van der Waals surface area contributed by atoms with E-state index in [1.165, 1.54) is 0 Å². The number of rotatable bonds is 4. The smallest absolute Gasteiger partial charge is 0.475 e. The van der Waals surface area contributed by atoms with Gasteiger partial charge >= 0.3 is 12.1 Å². The summed E-state index contributed by atoms with van der Waals surface area (Å²) in [6.07, 6.45) is 3.73. The number of alkyl halides is 3. The van der Waals surface area contributed by atoms with E-state index in [0.29, 0.717) is 6.04 Å². The van der Waals surface area contributed by atoms with E-state index in [1.807, 2.05) is 37.6 Å². The van der Waals surface area contributed by atoms with Crippen LogP contribution in [0.1, 0.15) is 30.5 Å². The Labute approximate surface area is 190 Å². The molecular weight excluding hydrogens is 439 g/mol. The van der Waals surface area contributed by atoms with Crippen LogP contribution in [0.2, 0.25) is 0 Å². The molecule has 2 aromatic rings. The molecule has 4 heterocycles. The maximum absolute atomic E-state index is 10.6. The predicted molar refractivity (Wildman–Crippen MR) is 115 cm³/mol. The summed E-state index contributed by atoms with van der Waals surface area (Å²) < 4.78 is 38.1. The first-order valence-electron chi connectivity index (χ1n) is 10.7. The molecule has 4 rings (SSSR count). The normalized spacial score (nSPS) is 19.9. The largest absolute Gasteiger partial charge is 0.490 e. The number of likely N-dealkylation sites (N-methyl/N-ethyl adjacent to an activating group) is 1. The van der Waals surface area contributed by atoms with E-state index >= 15 is 0 Å². The molecule has 0 amide bonds. The van der Waals surface area contributed by atoms with Crippen LogP contribution in [0.5, 0.6) is 0 Å². The molecule has 1 atom stereocenters. The minimum Gasteiger partial charge on any atom is -0.475 e. The van der Waals surface area contributed by atoms with Crippen LogP contribution in [0.3, 0.4) is 0 Å². The second-order valence-electron chi connectivity index (χ2n) is 8.44. The van der Waals surface area contributed by atoms with Crippen molar-refractivity contribution >= 4 is 11.9 Å². The molecule has 0 aliphatic carbocycles. The maximum atomic E-state index is 10.6. The zero-order valence-electron chi connectivity index (χ0n) is 18.6. The minimum atomic E-state index is -5.08. The summed E-state index contributed by atoms with van der Waals surface area (Å²) in [5, 5.41) is 7.12. The van der Waals surface area contributed by atoms with Crippen LogP contribution in [0.4, 0.5) is 19.1 Å². The third kappa shape index (κ3) is 6.84. The molecule has 2 aromatic heterocycles. The van der Waals surface area contributed by atoms with Gasteiger partial charge in [0, 0.05) is 44.3 Å². The van der Waals surface area contributed by atoms with Gasteiger partial charge in [-0.25, -0.2) is 14.8 Å². The molecule has 8 nitrogen and oxygen atoms in total. The molecule has 2 saturated heterocycles. The van der Waals surface area contributed by atoms with Crippen LogP contribution in [0, 0.1) is 6.92 Å². The number of piperidine rings is 1. The lowest BCUT2D eigenvalue weighted by Crippen LogP contribution is -2.45. The number of aromatic nitrogens is 3. The highest BCUT2D eigenvalue weighted by molar-refractivity contribution is 5.73. The van der Waals surface area contributed by atoms with Crippen LogP contribution in [0.15, 0.2) is 36.8 Å². The molecule has 0 bridgehead atoms. The van der Waals surface area contributed by atoms with Crippen molar-refractivity contribution in [3.8, 4) is 0 Å². The number of nitrogens with zero attached hydrogens (tertiary/aromatic N) is 5. The summed E-state index contributed by atoms with van der Waals surface area (Å²) in [4.78, 5) is 26.9. The van der Waals surface area contributed by atoms with Crippen molar-refractivity contribution in [3.05, 3.63) is 48.0 Å². The third-order valence-corrected chi connectivity index (χ3v) is 5.92. The molecule has 2 fully saturated rings. The van der Waals surface area contributed by atoms with Crippen LogP contribution >= 0.6 is 0 Å². The Hall–Kier alpha value is -2.79. The summed E-state index contributed by atoms with van der Waals surface area (Å²) in [6.45, 7) is 5.61. The van der Waals surface area contributed by atoms with E-state index in [2.05, 4.69) is 37.9 Å². The number of pyridine rings is 1. The highest BCUT2D eigenvalue weighted by atomic mass is 19.4. The average Bonchev–Trinajstić information content (AvgIpc) is 3.19. The van der Waals surface area contributed by atoms with Crippen LogP contribution < -0.4 is 4.90 Å². The Bertz CT molecular complexity index is 904. The first-order chi connectivity index (χ1) is 15.6. The van der Waals surface area contributed by atoms with Crippen molar-refractivity contribution in [2.75, 3.05) is 31.6 Å². The molecule has 2 aliphatic rings. The summed E-state index contributed by atoms with van der Waals surface area (Å²) in [6, 6.07) is 6.55. The Balaban J connectivity index is 0.000000383. The highest BCUT2D eigenvalue weighted by Gasteiger charge is 2.44. The summed E-state index contributed by atoms with van der Waals surface area (Å²) in [5.41, 5.74) is 2.23. The Morgan fingerprint density at radius 2 is 1.88 bits per heavy atom. The van der Waals surface area contributed by atoms with Gasteiger partial charge in [-0.15, -0.1) is 0 Å². The number of carboxylic acids is 1. The molecule has 180 valence electrons. The van der Waals surface area contributed by atoms with E-state index in [4.69, 9.17) is 14.6 Å². The Morgan fingerprint density at radius 1 is 1.24 bits per heavy atom. The van der Waals surface area contributed by atoms with Crippen LogP contribution in [0.25, 0.3) is 0 Å². The van der Waals surface area contributed by atoms with Crippen LogP contribution in [-0.2, 0) is 16.1 Å². The zero-order chi connectivity index (χ0) is 24.1. The number of carbonyl (C=O) groups is 1. The number of ether oxygens (including phenoxy) is 1. The van der Waals surface area contributed by atoms with Gasteiger partial charge in [0.1, 0.15) is 0 Å². The van der Waals surface area contributed by atoms with Crippen molar-refractivity contribution in [1.29, 1.82) is 0 Å². The van der Waals surface area contributed by atoms with Gasteiger partial charge in [-0.3, -0.25) is 9.88 Å². The second-order valence-corrected chi connectivity index (χ2v) is 8.44. The topological polar surface area (TPSA) is 91.7 Å². The zero-order valence-corrected chi connectivity index (χ0v) is 18.6. The summed E-state index contributed by atoms with van der Waals surface area (Å²) >= 11 is 0. The van der Waals surface area contributed by atoms with Gasteiger partial charge in [0.25, 0.3) is 0 Å². The molecular formula is C22H28F3N5O3. The highest BCUT2D eigenvalue weighted by Crippen LogP contribution is 2.38. The van der Waals surface area contributed by atoms with Gasteiger partial charge in [0.15, 0.2) is 0 Å². The lowest BCUT2D eigenvalue weighted by Gasteiger charge is -2.39. The Morgan fingerprint density at radius 3 is 2.42 bits per heavy atom. The van der Waals surface area contributed by atoms with E-state index < -0.39 is 12.1 Å². The van der Waals surface area contributed by atoms with Crippen molar-refractivity contribution in [3.63, 3.8) is 0 Å². The monoisotopic (exact) mass is 467 g/mol. The fourth-order valence-electron chi connectivity index (χ4n) is 3.99. The first-order valence-corrected chi connectivity index (χ1v) is 10.7. The van der Waals surface area contributed by atoms with Gasteiger partial charge in [-0.2, -0.15) is 13.2 Å². The number of aryl methyl sites for hydroxylation is 1. The van der Waals surface area contributed by atoms with Gasteiger partial charge in [-0.05, 0) is 50.9 Å². The lowest BCUT2D eigenvalue weighted by molar-refractivity contribution is -0.192. The molecule has 33 heavy (non-hydrogen) atoms. The second kappa shape index (κ2) is 10.4. The summed E-state index contributed by atoms with van der Waals surface area (Å²) in [5.74, 6) is -1.92. The Kier molecular flexibility index (Phi) is 7.85. The van der Waals surface area contributed by atoms with Gasteiger partial charge in [0.05, 0.1) is 17.9 Å². The molecule has 1 unspecified atom stereocenters. The lowest BCUT2D eigenvalue weighted by atomic mass is 9.87. The van der Waals surface area contributed by atoms with Gasteiger partial charge < -0.3 is 14.7 Å². The summed E-state index contributed by atoms with van der Waals surface area (Å²) in [7, 11) is 2.18. The van der Waals surface area contributed by atoms with Crippen LogP contribution in [-0.4, -0.2) is 75.5 Å². The number of hydrogen-bond acceptors (Lipinski definition) is 7. The molecule has 0 aromatic carbocycles. The minimum absolute atomic E-state index is 0.0181. The molecule has 2 aliphatic heterocycles. The number of hydrogen-bond donors (Lipinski definition) is 1. The van der Waals surface area contributed by atoms with E-state index in [-0.39, 0.29) is 5.60 Å². The van der Waals surface area contributed by atoms with Crippen molar-refractivity contribution < 1.29 is 27.8 Å². The number of aliphatic carboxylic acids is 1. The fourth-order valence-corrected chi connectivity index (χ4v) is 3.99. The molecule has 0 saturated carbocycles. The van der Waals surface area contributed by atoms with Crippen molar-refractivity contribution in [2.24, 2.45) is 0 Å². The van der Waals surface area contributed by atoms with E-state index in [9.17, 15) is 13.2 Å². The van der Waals surface area contributed by atoms with Crippen molar-refractivity contribution in [1.82, 2.24) is 19.9 Å². The third-order valence-electron chi connectivity index (χ3n) is 5.92. The standard InChI is InChI=1S/C20H27N5O.C2HF3O2/c1-16-12-22-19(23-13-16)25-9-6-20(7-10-25)11-18(15-26-20)24(2)14-17-5-3-4-8-21-17;3-2(4,5)1(6)7/h3-5,8,12-13,18H,6-7,9-11,14-15H2,1-2H3;(H,6,7). The quantitative estimate of drug-likeness (QED) is 0.734. The predicted octanol–water partition coefficient (Wildman–Crippen LogP) is 3.07. The number of anilines is 1. The number of carboxylic acid groups (broad SMARTS) is 1. The van der Waals surface area contributed by atoms with Crippen molar-refractivity contribution in [2.45, 2.75) is 50.6 Å². The molecule has 0 radical (unpaired) electrons. The molecule has 11 heteroatoms. The molecule has 1 N–H and O–H groups in total. The average molecular weight is 467 g/mol. The fraction of sp³-hybridized carbons (Fsp3) is 0.545. The molecule has 1 spiro atoms. The maximum Gasteiger partial charge on any atom is 0.490 e. The van der Waals surface area contributed by atoms with E-state index in [0.717, 1.165) is 62.7 Å². The first kappa shape index (κ1) is 24.8. The van der Waals surface area contributed by atoms with Gasteiger partial charge in [-0.1, -0.05) is 6.07 Å². The van der Waals surface area contributed by atoms with E-state index in [1.54, 1.807) is 0 Å². The number of halogens is 3. The SMILES string of the molecule is Cc1cnc(N2CCC3(CC2)CC(N(C)Cc2ccccn2)CO3)nc1.O=C(O)C(F)(F)F.